The fraction of sp³-hybridized carbons (Fsp3) is 0.214. The van der Waals surface area contributed by atoms with Crippen LogP contribution in [-0.4, -0.2) is 16.1 Å². The largest absolute Gasteiger partial charge is 0.378 e. The molecule has 1 aromatic heterocycles. The summed E-state index contributed by atoms with van der Waals surface area (Å²) >= 11 is 0. The Morgan fingerprint density at radius 3 is 2.70 bits per heavy atom. The molecule has 1 atom stereocenters. The number of anilines is 2. The molecule has 0 saturated carbocycles. The van der Waals surface area contributed by atoms with Crippen molar-refractivity contribution >= 4 is 17.4 Å². The van der Waals surface area contributed by atoms with E-state index in [-0.39, 0.29) is 17.5 Å². The van der Waals surface area contributed by atoms with Crippen LogP contribution in [-0.2, 0) is 4.79 Å². The van der Waals surface area contributed by atoms with Gasteiger partial charge in [0.25, 0.3) is 0 Å². The first kappa shape index (κ1) is 12.4. The molecule has 1 aromatic carbocycles. The van der Waals surface area contributed by atoms with Crippen molar-refractivity contribution in [2.75, 3.05) is 11.1 Å². The van der Waals surface area contributed by atoms with E-state index >= 15 is 0 Å². The third kappa shape index (κ3) is 2.54. The number of carbonyl (C=O) groups excluding carboxylic acids is 1. The zero-order chi connectivity index (χ0) is 13.9. The number of benzene rings is 1. The van der Waals surface area contributed by atoms with Crippen LogP contribution in [0, 0.1) is 0 Å². The summed E-state index contributed by atoms with van der Waals surface area (Å²) in [5, 5.41) is 10.2. The molecule has 1 unspecified atom stereocenters. The monoisotopic (exact) mass is 270 g/mol. The number of hydrogen-bond acceptors (Lipinski definition) is 6. The second-order valence-electron chi connectivity index (χ2n) is 4.77. The molecule has 3 N–H and O–H groups in total. The SMILES string of the molecule is Nc1nonc1NC1=CC(=O)CC(c2ccccc2)C1. The summed E-state index contributed by atoms with van der Waals surface area (Å²) < 4.78 is 4.53. The highest BCUT2D eigenvalue weighted by molar-refractivity contribution is 5.92. The minimum atomic E-state index is 0.0858. The lowest BCUT2D eigenvalue weighted by Gasteiger charge is -2.22. The fourth-order valence-electron chi connectivity index (χ4n) is 2.37. The van der Waals surface area contributed by atoms with Crippen molar-refractivity contribution in [1.29, 1.82) is 0 Å². The highest BCUT2D eigenvalue weighted by Crippen LogP contribution is 2.32. The summed E-state index contributed by atoms with van der Waals surface area (Å²) in [5.74, 6) is 0.776. The van der Waals surface area contributed by atoms with Crippen LogP contribution < -0.4 is 11.1 Å². The standard InChI is InChI=1S/C14H14N4O2/c15-13-14(18-20-17-13)16-11-6-10(7-12(19)8-11)9-4-2-1-3-5-9/h1-5,8,10H,6-7H2,(H2,15,17)(H,16,18). The predicted octanol–water partition coefficient (Wildman–Crippen LogP) is 2.09. The molecule has 0 saturated heterocycles. The zero-order valence-corrected chi connectivity index (χ0v) is 10.7. The molecule has 1 aliphatic rings. The fourth-order valence-corrected chi connectivity index (χ4v) is 2.37. The average molecular weight is 270 g/mol. The van der Waals surface area contributed by atoms with Gasteiger partial charge in [0.1, 0.15) is 0 Å². The van der Waals surface area contributed by atoms with Crippen LogP contribution in [0.25, 0.3) is 0 Å². The number of hydrogen-bond donors (Lipinski definition) is 2. The van der Waals surface area contributed by atoms with Gasteiger partial charge in [0.05, 0.1) is 0 Å². The maximum absolute atomic E-state index is 11.9. The second-order valence-corrected chi connectivity index (χ2v) is 4.77. The number of ketones is 1. The van der Waals surface area contributed by atoms with Gasteiger partial charge in [0.15, 0.2) is 5.78 Å². The van der Waals surface area contributed by atoms with E-state index in [2.05, 4.69) is 20.3 Å². The minimum absolute atomic E-state index is 0.0858. The van der Waals surface area contributed by atoms with Crippen molar-refractivity contribution in [2.45, 2.75) is 18.8 Å². The van der Waals surface area contributed by atoms with Gasteiger partial charge in [-0.25, -0.2) is 4.63 Å². The molecule has 2 aromatic rings. The topological polar surface area (TPSA) is 94.0 Å². The highest BCUT2D eigenvalue weighted by atomic mass is 16.6. The second kappa shape index (κ2) is 5.16. The van der Waals surface area contributed by atoms with Gasteiger partial charge < -0.3 is 11.1 Å². The van der Waals surface area contributed by atoms with Crippen molar-refractivity contribution in [3.63, 3.8) is 0 Å². The van der Waals surface area contributed by atoms with E-state index in [9.17, 15) is 4.79 Å². The van der Waals surface area contributed by atoms with Gasteiger partial charge in [-0.3, -0.25) is 4.79 Å². The lowest BCUT2D eigenvalue weighted by atomic mass is 9.85. The summed E-state index contributed by atoms with van der Waals surface area (Å²) in [6.45, 7) is 0. The Morgan fingerprint density at radius 1 is 1.20 bits per heavy atom. The van der Waals surface area contributed by atoms with Gasteiger partial charge in [-0.2, -0.15) is 0 Å². The van der Waals surface area contributed by atoms with Crippen molar-refractivity contribution in [3.05, 3.63) is 47.7 Å². The van der Waals surface area contributed by atoms with Crippen molar-refractivity contribution in [1.82, 2.24) is 10.3 Å². The Morgan fingerprint density at radius 2 is 2.00 bits per heavy atom. The predicted molar refractivity (Wildman–Crippen MR) is 73.8 cm³/mol. The summed E-state index contributed by atoms with van der Waals surface area (Å²) in [7, 11) is 0. The molecule has 3 rings (SSSR count). The number of rotatable bonds is 3. The van der Waals surface area contributed by atoms with Crippen molar-refractivity contribution < 1.29 is 9.42 Å². The van der Waals surface area contributed by atoms with E-state index in [1.807, 2.05) is 30.3 Å². The van der Waals surface area contributed by atoms with Crippen LogP contribution >= 0.6 is 0 Å². The van der Waals surface area contributed by atoms with Crippen LogP contribution in [0.15, 0.2) is 46.7 Å². The van der Waals surface area contributed by atoms with Crippen molar-refractivity contribution in [2.24, 2.45) is 0 Å². The van der Waals surface area contributed by atoms with E-state index in [0.717, 1.165) is 17.7 Å². The lowest BCUT2D eigenvalue weighted by molar-refractivity contribution is -0.115. The molecule has 0 aliphatic heterocycles. The third-order valence-corrected chi connectivity index (χ3v) is 3.31. The molecule has 0 bridgehead atoms. The van der Waals surface area contributed by atoms with Crippen molar-refractivity contribution in [3.8, 4) is 0 Å². The van der Waals surface area contributed by atoms with E-state index in [1.54, 1.807) is 6.08 Å². The number of nitrogen functional groups attached to an aromatic ring is 1. The lowest BCUT2D eigenvalue weighted by Crippen LogP contribution is -2.17. The Hall–Kier alpha value is -2.63. The first-order valence-corrected chi connectivity index (χ1v) is 6.36. The maximum atomic E-state index is 11.9. The molecule has 102 valence electrons. The van der Waals surface area contributed by atoms with E-state index in [0.29, 0.717) is 12.2 Å². The van der Waals surface area contributed by atoms with E-state index in [1.165, 1.54) is 0 Å². The molecule has 6 heteroatoms. The zero-order valence-electron chi connectivity index (χ0n) is 10.7. The van der Waals surface area contributed by atoms with E-state index in [4.69, 9.17) is 5.73 Å². The number of nitrogens with one attached hydrogen (secondary N) is 1. The average Bonchev–Trinajstić information content (AvgIpc) is 2.85. The molecule has 1 heterocycles. The first-order chi connectivity index (χ1) is 9.72. The number of allylic oxidation sites excluding steroid dienone is 2. The highest BCUT2D eigenvalue weighted by Gasteiger charge is 2.23. The number of nitrogens with zero attached hydrogens (tertiary/aromatic N) is 2. The van der Waals surface area contributed by atoms with Gasteiger partial charge in [-0.05, 0) is 28.2 Å². The molecular formula is C14H14N4O2. The number of carbonyl (C=O) groups is 1. The third-order valence-electron chi connectivity index (χ3n) is 3.31. The molecule has 0 spiro atoms. The molecule has 20 heavy (non-hydrogen) atoms. The minimum Gasteiger partial charge on any atom is -0.378 e. The Kier molecular flexibility index (Phi) is 3.20. The summed E-state index contributed by atoms with van der Waals surface area (Å²) in [5.41, 5.74) is 7.52. The molecule has 0 amide bonds. The van der Waals surface area contributed by atoms with Gasteiger partial charge in [-0.1, -0.05) is 30.3 Å². The maximum Gasteiger partial charge on any atom is 0.219 e. The van der Waals surface area contributed by atoms with Gasteiger partial charge >= 0.3 is 0 Å². The molecule has 0 fully saturated rings. The smallest absolute Gasteiger partial charge is 0.219 e. The molecular weight excluding hydrogens is 256 g/mol. The summed E-state index contributed by atoms with van der Waals surface area (Å²) in [4.78, 5) is 11.9. The quantitative estimate of drug-likeness (QED) is 0.887. The Balaban J connectivity index is 1.79. The Bertz CT molecular complexity index is 648. The molecule has 1 aliphatic carbocycles. The molecule has 0 radical (unpaired) electrons. The van der Waals surface area contributed by atoms with Crippen LogP contribution in [0.5, 0.6) is 0 Å². The van der Waals surface area contributed by atoms with Crippen LogP contribution in [0.2, 0.25) is 0 Å². The van der Waals surface area contributed by atoms with Crippen LogP contribution in [0.3, 0.4) is 0 Å². The summed E-state index contributed by atoms with van der Waals surface area (Å²) in [6, 6.07) is 9.99. The van der Waals surface area contributed by atoms with Crippen LogP contribution in [0.4, 0.5) is 11.6 Å². The number of nitrogens with two attached hydrogens (primary N) is 1. The van der Waals surface area contributed by atoms with Gasteiger partial charge in [-0.15, -0.1) is 0 Å². The van der Waals surface area contributed by atoms with Gasteiger partial charge in [0.2, 0.25) is 11.6 Å². The Labute approximate surface area is 115 Å². The van der Waals surface area contributed by atoms with E-state index < -0.39 is 0 Å². The number of aromatic nitrogens is 2. The summed E-state index contributed by atoms with van der Waals surface area (Å²) in [6.07, 6.45) is 2.83. The normalized spacial score (nSPS) is 18.7. The van der Waals surface area contributed by atoms with Crippen LogP contribution in [0.1, 0.15) is 24.3 Å². The molecule has 6 nitrogen and oxygen atoms in total. The van der Waals surface area contributed by atoms with Gasteiger partial charge in [0, 0.05) is 18.2 Å². The first-order valence-electron chi connectivity index (χ1n) is 6.36.